The van der Waals surface area contributed by atoms with Crippen molar-refractivity contribution in [3.63, 3.8) is 0 Å². The van der Waals surface area contributed by atoms with E-state index in [9.17, 15) is 0 Å². The summed E-state index contributed by atoms with van der Waals surface area (Å²) in [6.07, 6.45) is 1.08. The van der Waals surface area contributed by atoms with E-state index < -0.39 is 0 Å². The van der Waals surface area contributed by atoms with Gasteiger partial charge in [-0.2, -0.15) is 0 Å². The molecule has 0 fully saturated rings. The summed E-state index contributed by atoms with van der Waals surface area (Å²) in [6, 6.07) is 2.49. The van der Waals surface area contributed by atoms with Crippen LogP contribution in [-0.2, 0) is 0 Å². The first-order valence-corrected chi connectivity index (χ1v) is 6.32. The molecular weight excluding hydrogens is 236 g/mol. The third kappa shape index (κ3) is 5.33. The van der Waals surface area contributed by atoms with Gasteiger partial charge in [-0.15, -0.1) is 0 Å². The summed E-state index contributed by atoms with van der Waals surface area (Å²) < 4.78 is 0. The summed E-state index contributed by atoms with van der Waals surface area (Å²) in [5.41, 5.74) is 0.881. The summed E-state index contributed by atoms with van der Waals surface area (Å²) in [7, 11) is 2.14. The molecule has 1 N–H and O–H groups in total. The van der Waals surface area contributed by atoms with Gasteiger partial charge in [0.1, 0.15) is 5.82 Å². The molecule has 0 atom stereocenters. The Balaban J connectivity index is 2.31. The van der Waals surface area contributed by atoms with Crippen molar-refractivity contribution in [2.24, 2.45) is 0 Å². The highest BCUT2D eigenvalue weighted by Gasteiger charge is 2.03. The van der Waals surface area contributed by atoms with E-state index in [-0.39, 0.29) is 0 Å². The van der Waals surface area contributed by atoms with Gasteiger partial charge in [0.05, 0.1) is 0 Å². The van der Waals surface area contributed by atoms with Gasteiger partial charge < -0.3 is 10.2 Å². The quantitative estimate of drug-likeness (QED) is 0.628. The molecule has 17 heavy (non-hydrogen) atoms. The zero-order valence-electron chi connectivity index (χ0n) is 11.0. The van der Waals surface area contributed by atoms with Crippen LogP contribution >= 0.6 is 11.6 Å². The Hall–Kier alpha value is -0.870. The van der Waals surface area contributed by atoms with Crippen LogP contribution in [0.3, 0.4) is 0 Å². The van der Waals surface area contributed by atoms with Crippen molar-refractivity contribution in [2.45, 2.75) is 33.2 Å². The highest BCUT2D eigenvalue weighted by Crippen LogP contribution is 2.09. The van der Waals surface area contributed by atoms with Crippen LogP contribution in [0.2, 0.25) is 5.28 Å². The van der Waals surface area contributed by atoms with Crippen molar-refractivity contribution in [2.75, 3.05) is 25.5 Å². The van der Waals surface area contributed by atoms with Crippen molar-refractivity contribution in [1.29, 1.82) is 0 Å². The van der Waals surface area contributed by atoms with E-state index in [4.69, 9.17) is 11.6 Å². The van der Waals surface area contributed by atoms with Crippen molar-refractivity contribution in [1.82, 2.24) is 14.9 Å². The number of nitrogens with zero attached hydrogens (tertiary/aromatic N) is 3. The first-order valence-electron chi connectivity index (χ1n) is 5.94. The first kappa shape index (κ1) is 14.2. The van der Waals surface area contributed by atoms with Gasteiger partial charge in [0.2, 0.25) is 5.28 Å². The minimum absolute atomic E-state index is 0.298. The maximum atomic E-state index is 5.78. The molecule has 5 heteroatoms. The Labute approximate surface area is 108 Å². The summed E-state index contributed by atoms with van der Waals surface area (Å²) >= 11 is 5.78. The Bertz CT molecular complexity index is 334. The molecule has 0 amide bonds. The van der Waals surface area contributed by atoms with Crippen LogP contribution in [0.5, 0.6) is 0 Å². The molecule has 0 spiro atoms. The van der Waals surface area contributed by atoms with Crippen LogP contribution in [0.25, 0.3) is 0 Å². The van der Waals surface area contributed by atoms with Crippen LogP contribution in [0.1, 0.15) is 26.0 Å². The van der Waals surface area contributed by atoms with Crippen LogP contribution in [0.15, 0.2) is 6.07 Å². The zero-order valence-corrected chi connectivity index (χ0v) is 11.8. The van der Waals surface area contributed by atoms with E-state index in [0.717, 1.165) is 31.0 Å². The lowest BCUT2D eigenvalue weighted by Crippen LogP contribution is -2.28. The van der Waals surface area contributed by atoms with E-state index in [1.54, 1.807) is 0 Å². The molecule has 0 bridgehead atoms. The zero-order chi connectivity index (χ0) is 12.8. The molecule has 4 nitrogen and oxygen atoms in total. The molecule has 0 aliphatic heterocycles. The number of rotatable bonds is 6. The average Bonchev–Trinajstić information content (AvgIpc) is 2.22. The fraction of sp³-hybridized carbons (Fsp3) is 0.667. The number of halogens is 1. The number of nitrogens with one attached hydrogen (secondary N) is 1. The molecule has 1 heterocycles. The van der Waals surface area contributed by atoms with Crippen molar-refractivity contribution in [3.05, 3.63) is 17.0 Å². The molecule has 0 aliphatic carbocycles. The fourth-order valence-corrected chi connectivity index (χ4v) is 1.65. The molecule has 0 aromatic carbocycles. The lowest BCUT2D eigenvalue weighted by Gasteiger charge is -2.20. The average molecular weight is 257 g/mol. The lowest BCUT2D eigenvalue weighted by atomic mass is 10.3. The maximum Gasteiger partial charge on any atom is 0.224 e. The van der Waals surface area contributed by atoms with Gasteiger partial charge in [-0.25, -0.2) is 9.97 Å². The van der Waals surface area contributed by atoms with Crippen LogP contribution in [0.4, 0.5) is 5.82 Å². The topological polar surface area (TPSA) is 41.0 Å². The number of aromatic nitrogens is 2. The van der Waals surface area contributed by atoms with E-state index >= 15 is 0 Å². The molecule has 0 aliphatic rings. The molecule has 0 saturated heterocycles. The van der Waals surface area contributed by atoms with Gasteiger partial charge in [-0.05, 0) is 52.4 Å². The Kier molecular flexibility index (Phi) is 5.65. The second kappa shape index (κ2) is 6.77. The molecule has 1 rings (SSSR count). The number of hydrogen-bond acceptors (Lipinski definition) is 4. The second-order valence-corrected chi connectivity index (χ2v) is 4.86. The Morgan fingerprint density at radius 1 is 1.41 bits per heavy atom. The lowest BCUT2D eigenvalue weighted by molar-refractivity contribution is 0.273. The monoisotopic (exact) mass is 256 g/mol. The largest absolute Gasteiger partial charge is 0.370 e. The Morgan fingerprint density at radius 3 is 2.71 bits per heavy atom. The summed E-state index contributed by atoms with van der Waals surface area (Å²) in [5, 5.41) is 3.56. The Morgan fingerprint density at radius 2 is 2.12 bits per heavy atom. The van der Waals surface area contributed by atoms with E-state index in [1.165, 1.54) is 0 Å². The second-order valence-electron chi connectivity index (χ2n) is 4.52. The maximum absolute atomic E-state index is 5.78. The molecule has 1 aromatic heterocycles. The highest BCUT2D eigenvalue weighted by molar-refractivity contribution is 6.28. The van der Waals surface area contributed by atoms with Gasteiger partial charge in [0.15, 0.2) is 0 Å². The molecular formula is C12H21ClN4. The number of aryl methyl sites for hydroxylation is 1. The van der Waals surface area contributed by atoms with Gasteiger partial charge in [0, 0.05) is 24.3 Å². The third-order valence-electron chi connectivity index (χ3n) is 2.70. The van der Waals surface area contributed by atoms with Gasteiger partial charge in [-0.1, -0.05) is 0 Å². The fourth-order valence-electron chi connectivity index (χ4n) is 1.43. The molecule has 0 radical (unpaired) electrons. The predicted octanol–water partition coefficient (Wildman–Crippen LogP) is 2.58. The first-order chi connectivity index (χ1) is 7.99. The van der Waals surface area contributed by atoms with E-state index in [1.807, 2.05) is 13.0 Å². The van der Waals surface area contributed by atoms with Crippen molar-refractivity contribution < 1.29 is 0 Å². The number of hydrogen-bond donors (Lipinski definition) is 1. The van der Waals surface area contributed by atoms with E-state index in [0.29, 0.717) is 11.3 Å². The van der Waals surface area contributed by atoms with Crippen LogP contribution < -0.4 is 5.32 Å². The van der Waals surface area contributed by atoms with Crippen molar-refractivity contribution in [3.8, 4) is 0 Å². The van der Waals surface area contributed by atoms with Crippen LogP contribution in [0, 0.1) is 6.92 Å². The summed E-state index contributed by atoms with van der Waals surface area (Å²) in [4.78, 5) is 10.5. The normalized spacial score (nSPS) is 11.2. The molecule has 96 valence electrons. The molecule has 0 unspecified atom stereocenters. The van der Waals surface area contributed by atoms with Crippen molar-refractivity contribution >= 4 is 17.4 Å². The SMILES string of the molecule is Cc1cc(NCCCN(C)C(C)C)nc(Cl)n1. The third-order valence-corrected chi connectivity index (χ3v) is 2.87. The van der Waals surface area contributed by atoms with Gasteiger partial charge in [-0.3, -0.25) is 0 Å². The number of anilines is 1. The standard InChI is InChI=1S/C12H21ClN4/c1-9(2)17(4)7-5-6-14-11-8-10(3)15-12(13)16-11/h8-9H,5-7H2,1-4H3,(H,14,15,16). The predicted molar refractivity (Wildman–Crippen MR) is 72.7 cm³/mol. The van der Waals surface area contributed by atoms with Gasteiger partial charge in [0.25, 0.3) is 0 Å². The minimum atomic E-state index is 0.298. The highest BCUT2D eigenvalue weighted by atomic mass is 35.5. The minimum Gasteiger partial charge on any atom is -0.370 e. The molecule has 1 aromatic rings. The van der Waals surface area contributed by atoms with Gasteiger partial charge >= 0.3 is 0 Å². The summed E-state index contributed by atoms with van der Waals surface area (Å²) in [6.45, 7) is 8.26. The van der Waals surface area contributed by atoms with Crippen LogP contribution in [-0.4, -0.2) is 41.0 Å². The van der Waals surface area contributed by atoms with E-state index in [2.05, 4.69) is 41.1 Å². The smallest absolute Gasteiger partial charge is 0.224 e. The molecule has 0 saturated carbocycles. The summed E-state index contributed by atoms with van der Waals surface area (Å²) in [5.74, 6) is 0.801.